The Balaban J connectivity index is 1.87. The number of benzene rings is 1. The van der Waals surface area contributed by atoms with Crippen LogP contribution in [0.1, 0.15) is 20.3 Å². The summed E-state index contributed by atoms with van der Waals surface area (Å²) in [7, 11) is 0. The van der Waals surface area contributed by atoms with Gasteiger partial charge in [0.05, 0.1) is 5.69 Å². The van der Waals surface area contributed by atoms with Crippen LogP contribution in [0, 0.1) is 5.82 Å². The summed E-state index contributed by atoms with van der Waals surface area (Å²) in [4.78, 5) is 18.3. The second-order valence-corrected chi connectivity index (χ2v) is 6.87. The lowest BCUT2D eigenvalue weighted by molar-refractivity contribution is -0.130. The molecule has 0 saturated carbocycles. The van der Waals surface area contributed by atoms with Crippen LogP contribution in [0.4, 0.5) is 4.39 Å². The predicted molar refractivity (Wildman–Crippen MR) is 90.8 cm³/mol. The lowest BCUT2D eigenvalue weighted by Crippen LogP contribution is -2.30. The van der Waals surface area contributed by atoms with Gasteiger partial charge in [0.25, 0.3) is 0 Å². The smallest absolute Gasteiger partial charge is 0.223 e. The van der Waals surface area contributed by atoms with E-state index in [4.69, 9.17) is 0 Å². The second kappa shape index (κ2) is 8.29. The van der Waals surface area contributed by atoms with Crippen LogP contribution in [0.3, 0.4) is 0 Å². The Kier molecular flexibility index (Phi) is 6.39. The van der Waals surface area contributed by atoms with Crippen molar-refractivity contribution in [2.45, 2.75) is 24.6 Å². The van der Waals surface area contributed by atoms with E-state index in [2.05, 4.69) is 4.98 Å². The highest BCUT2D eigenvalue weighted by molar-refractivity contribution is 8.01. The second-order valence-electron chi connectivity index (χ2n) is 4.67. The van der Waals surface area contributed by atoms with Crippen molar-refractivity contribution in [3.8, 4) is 11.3 Å². The standard InChI is InChI=1S/C16H19FN2OS2/c1-3-19(4-2)15(20)9-10-21-16-18-14(11-22-16)12-5-7-13(17)8-6-12/h5-8,11H,3-4,9-10H2,1-2H3. The highest BCUT2D eigenvalue weighted by atomic mass is 32.2. The summed E-state index contributed by atoms with van der Waals surface area (Å²) >= 11 is 3.14. The summed E-state index contributed by atoms with van der Waals surface area (Å²) in [6.07, 6.45) is 0.526. The number of carbonyl (C=O) groups is 1. The largest absolute Gasteiger partial charge is 0.343 e. The zero-order valence-electron chi connectivity index (χ0n) is 12.7. The molecule has 0 N–H and O–H groups in total. The van der Waals surface area contributed by atoms with Crippen LogP contribution in [0.15, 0.2) is 34.0 Å². The summed E-state index contributed by atoms with van der Waals surface area (Å²) in [5.74, 6) is 0.669. The molecule has 118 valence electrons. The van der Waals surface area contributed by atoms with E-state index in [-0.39, 0.29) is 11.7 Å². The molecule has 2 rings (SSSR count). The lowest BCUT2D eigenvalue weighted by atomic mass is 10.2. The van der Waals surface area contributed by atoms with Gasteiger partial charge in [-0.25, -0.2) is 9.37 Å². The molecule has 6 heteroatoms. The molecule has 0 bridgehead atoms. The van der Waals surface area contributed by atoms with Gasteiger partial charge in [-0.3, -0.25) is 4.79 Å². The number of thiazole rings is 1. The molecule has 0 aliphatic rings. The molecule has 22 heavy (non-hydrogen) atoms. The first kappa shape index (κ1) is 17.0. The third kappa shape index (κ3) is 4.55. The Hall–Kier alpha value is -1.40. The van der Waals surface area contributed by atoms with E-state index in [1.807, 2.05) is 24.1 Å². The van der Waals surface area contributed by atoms with Gasteiger partial charge in [-0.05, 0) is 38.1 Å². The molecule has 1 aromatic carbocycles. The Morgan fingerprint density at radius 2 is 1.95 bits per heavy atom. The molecule has 0 radical (unpaired) electrons. The van der Waals surface area contributed by atoms with Crippen LogP contribution in [0.2, 0.25) is 0 Å². The Bertz CT molecular complexity index is 609. The van der Waals surface area contributed by atoms with Crippen LogP contribution < -0.4 is 0 Å². The summed E-state index contributed by atoms with van der Waals surface area (Å²) in [5, 5.41) is 1.96. The van der Waals surface area contributed by atoms with Gasteiger partial charge in [0.2, 0.25) is 5.91 Å². The maximum absolute atomic E-state index is 12.9. The minimum Gasteiger partial charge on any atom is -0.343 e. The molecule has 0 aliphatic carbocycles. The average Bonchev–Trinajstić information content (AvgIpc) is 2.98. The van der Waals surface area contributed by atoms with Crippen LogP contribution >= 0.6 is 23.1 Å². The monoisotopic (exact) mass is 338 g/mol. The molecule has 0 fully saturated rings. The summed E-state index contributed by atoms with van der Waals surface area (Å²) in [6, 6.07) is 6.32. The number of aromatic nitrogens is 1. The van der Waals surface area contributed by atoms with Crippen molar-refractivity contribution in [2.24, 2.45) is 0 Å². The maximum Gasteiger partial charge on any atom is 0.223 e. The van der Waals surface area contributed by atoms with E-state index in [1.165, 1.54) is 12.1 Å². The summed E-state index contributed by atoms with van der Waals surface area (Å²) in [6.45, 7) is 5.49. The van der Waals surface area contributed by atoms with Gasteiger partial charge in [-0.2, -0.15) is 0 Å². The zero-order chi connectivity index (χ0) is 15.9. The Morgan fingerprint density at radius 1 is 1.27 bits per heavy atom. The van der Waals surface area contributed by atoms with Crippen molar-refractivity contribution in [1.82, 2.24) is 9.88 Å². The Morgan fingerprint density at radius 3 is 2.59 bits per heavy atom. The van der Waals surface area contributed by atoms with Gasteiger partial charge in [-0.1, -0.05) is 11.8 Å². The predicted octanol–water partition coefficient (Wildman–Crippen LogP) is 4.30. The number of carbonyl (C=O) groups excluding carboxylic acids is 1. The van der Waals surface area contributed by atoms with Crippen molar-refractivity contribution in [2.75, 3.05) is 18.8 Å². The van der Waals surface area contributed by atoms with Gasteiger partial charge in [0, 0.05) is 36.2 Å². The molecule has 0 unspecified atom stereocenters. The fourth-order valence-corrected chi connectivity index (χ4v) is 3.87. The van der Waals surface area contributed by atoms with E-state index < -0.39 is 0 Å². The van der Waals surface area contributed by atoms with Gasteiger partial charge in [0.15, 0.2) is 4.34 Å². The zero-order valence-corrected chi connectivity index (χ0v) is 14.3. The highest BCUT2D eigenvalue weighted by Crippen LogP contribution is 2.28. The lowest BCUT2D eigenvalue weighted by Gasteiger charge is -2.17. The van der Waals surface area contributed by atoms with Crippen LogP contribution in [0.5, 0.6) is 0 Å². The first-order valence-corrected chi connectivity index (χ1v) is 9.12. The number of hydrogen-bond acceptors (Lipinski definition) is 4. The first-order chi connectivity index (χ1) is 10.6. The summed E-state index contributed by atoms with van der Waals surface area (Å²) in [5.41, 5.74) is 1.76. The van der Waals surface area contributed by atoms with Crippen molar-refractivity contribution < 1.29 is 9.18 Å². The van der Waals surface area contributed by atoms with Crippen LogP contribution in [0.25, 0.3) is 11.3 Å². The quantitative estimate of drug-likeness (QED) is 0.706. The van der Waals surface area contributed by atoms with Gasteiger partial charge >= 0.3 is 0 Å². The average molecular weight is 338 g/mol. The highest BCUT2D eigenvalue weighted by Gasteiger charge is 2.10. The molecular formula is C16H19FN2OS2. The van der Waals surface area contributed by atoms with Crippen molar-refractivity contribution >= 4 is 29.0 Å². The number of rotatable bonds is 7. The molecule has 0 saturated heterocycles. The SMILES string of the molecule is CCN(CC)C(=O)CCSc1nc(-c2ccc(F)cc2)cs1. The van der Waals surface area contributed by atoms with Crippen molar-refractivity contribution in [3.63, 3.8) is 0 Å². The first-order valence-electron chi connectivity index (χ1n) is 7.26. The van der Waals surface area contributed by atoms with Gasteiger partial charge in [-0.15, -0.1) is 11.3 Å². The van der Waals surface area contributed by atoms with Crippen LogP contribution in [-0.2, 0) is 4.79 Å². The van der Waals surface area contributed by atoms with Crippen LogP contribution in [-0.4, -0.2) is 34.6 Å². The van der Waals surface area contributed by atoms with Crippen molar-refractivity contribution in [3.05, 3.63) is 35.5 Å². The fourth-order valence-electron chi connectivity index (χ4n) is 2.04. The molecule has 1 aromatic heterocycles. The molecule has 0 spiro atoms. The number of hydrogen-bond donors (Lipinski definition) is 0. The third-order valence-electron chi connectivity index (χ3n) is 3.28. The molecule has 3 nitrogen and oxygen atoms in total. The van der Waals surface area contributed by atoms with E-state index in [0.717, 1.165) is 34.4 Å². The number of nitrogens with zero attached hydrogens (tertiary/aromatic N) is 2. The van der Waals surface area contributed by atoms with E-state index in [0.29, 0.717) is 6.42 Å². The topological polar surface area (TPSA) is 33.2 Å². The third-order valence-corrected chi connectivity index (χ3v) is 5.30. The minimum atomic E-state index is -0.247. The number of amides is 1. The van der Waals surface area contributed by atoms with E-state index >= 15 is 0 Å². The Labute approximate surface area is 138 Å². The molecule has 2 aromatic rings. The number of thioether (sulfide) groups is 1. The van der Waals surface area contributed by atoms with E-state index in [1.54, 1.807) is 35.2 Å². The molecule has 0 atom stereocenters. The normalized spacial score (nSPS) is 10.7. The van der Waals surface area contributed by atoms with Crippen molar-refractivity contribution in [1.29, 1.82) is 0 Å². The molecular weight excluding hydrogens is 319 g/mol. The fraction of sp³-hybridized carbons (Fsp3) is 0.375. The molecule has 0 aliphatic heterocycles. The van der Waals surface area contributed by atoms with E-state index in [9.17, 15) is 9.18 Å². The van der Waals surface area contributed by atoms with Gasteiger partial charge < -0.3 is 4.90 Å². The minimum absolute atomic E-state index is 0.188. The summed E-state index contributed by atoms with van der Waals surface area (Å²) < 4.78 is 13.9. The number of halogens is 1. The maximum atomic E-state index is 12.9. The van der Waals surface area contributed by atoms with Gasteiger partial charge in [0.1, 0.15) is 5.82 Å². The molecule has 1 heterocycles. The molecule has 1 amide bonds.